The number of carbonyl (C=O) groups excluding carboxylic acids is 3. The van der Waals surface area contributed by atoms with Crippen molar-refractivity contribution in [3.05, 3.63) is 0 Å². The number of nitrogens with two attached hydrogens (primary N) is 1. The van der Waals surface area contributed by atoms with Gasteiger partial charge in [0.05, 0.1) is 7.11 Å². The smallest absolute Gasteiger partial charge is 0.326 e. The number of primary amides is 1. The van der Waals surface area contributed by atoms with Crippen LogP contribution in [-0.4, -0.2) is 60.6 Å². The third kappa shape index (κ3) is 6.86. The number of hydrogen-bond donors (Lipinski definition) is 3. The molecule has 9 heteroatoms. The van der Waals surface area contributed by atoms with Gasteiger partial charge in [-0.15, -0.1) is 0 Å². The Bertz CT molecular complexity index is 370. The summed E-state index contributed by atoms with van der Waals surface area (Å²) in [6.45, 7) is -0.338. The molecule has 19 heavy (non-hydrogen) atoms. The van der Waals surface area contributed by atoms with Gasteiger partial charge in [-0.25, -0.2) is 9.59 Å². The van der Waals surface area contributed by atoms with Crippen LogP contribution in [0.15, 0.2) is 0 Å². The van der Waals surface area contributed by atoms with Gasteiger partial charge in [0.15, 0.2) is 0 Å². The number of aliphatic carboxylic acids is 1. The highest BCUT2D eigenvalue weighted by Crippen LogP contribution is 2.00. The molecule has 0 bridgehead atoms. The minimum Gasteiger partial charge on any atom is -0.480 e. The average Bonchev–Trinajstić information content (AvgIpc) is 2.32. The van der Waals surface area contributed by atoms with Crippen molar-refractivity contribution in [1.29, 1.82) is 0 Å². The number of carboxylic acid groups (broad SMARTS) is 1. The standard InChI is InChI=1S/C10H17N3O6/c1-13(5-7(11)14)10(18)12-6(9(16)17)3-4-8(15)19-2/h6H,3-5H2,1-2H3,(H2,11,14)(H,12,18)(H,16,17)/t6-/m0/s1. The second kappa shape index (κ2) is 7.90. The van der Waals surface area contributed by atoms with Gasteiger partial charge >= 0.3 is 18.0 Å². The number of carboxylic acids is 1. The molecule has 0 fully saturated rings. The van der Waals surface area contributed by atoms with Crippen LogP contribution < -0.4 is 11.1 Å². The lowest BCUT2D eigenvalue weighted by Gasteiger charge is -2.20. The van der Waals surface area contributed by atoms with E-state index in [0.29, 0.717) is 0 Å². The van der Waals surface area contributed by atoms with Gasteiger partial charge in [0.1, 0.15) is 12.6 Å². The number of carbonyl (C=O) groups is 4. The molecule has 0 saturated carbocycles. The Kier molecular flexibility index (Phi) is 6.94. The van der Waals surface area contributed by atoms with Crippen LogP contribution >= 0.6 is 0 Å². The van der Waals surface area contributed by atoms with Crippen LogP contribution in [0.1, 0.15) is 12.8 Å². The molecular weight excluding hydrogens is 258 g/mol. The third-order valence-corrected chi connectivity index (χ3v) is 2.20. The summed E-state index contributed by atoms with van der Waals surface area (Å²) >= 11 is 0. The number of methoxy groups -OCH3 is 1. The van der Waals surface area contributed by atoms with E-state index in [1.54, 1.807) is 0 Å². The first kappa shape index (κ1) is 16.7. The summed E-state index contributed by atoms with van der Waals surface area (Å²) in [7, 11) is 2.47. The highest BCUT2D eigenvalue weighted by molar-refractivity contribution is 5.86. The lowest BCUT2D eigenvalue weighted by atomic mass is 10.1. The molecule has 0 aliphatic carbocycles. The molecule has 0 heterocycles. The highest BCUT2D eigenvalue weighted by Gasteiger charge is 2.23. The van der Waals surface area contributed by atoms with Crippen molar-refractivity contribution in [2.24, 2.45) is 5.73 Å². The zero-order valence-corrected chi connectivity index (χ0v) is 10.7. The molecule has 3 amide bonds. The summed E-state index contributed by atoms with van der Waals surface area (Å²) in [6.07, 6.45) is -0.258. The number of likely N-dealkylation sites (N-methyl/N-ethyl adjacent to an activating group) is 1. The van der Waals surface area contributed by atoms with E-state index in [9.17, 15) is 19.2 Å². The van der Waals surface area contributed by atoms with Crippen LogP contribution in [0.25, 0.3) is 0 Å². The Morgan fingerprint density at radius 3 is 2.37 bits per heavy atom. The van der Waals surface area contributed by atoms with Crippen LogP contribution in [-0.2, 0) is 19.1 Å². The van der Waals surface area contributed by atoms with Crippen molar-refractivity contribution in [2.45, 2.75) is 18.9 Å². The number of rotatable bonds is 7. The lowest BCUT2D eigenvalue weighted by molar-refractivity contribution is -0.142. The summed E-state index contributed by atoms with van der Waals surface area (Å²) in [6, 6.07) is -2.02. The van der Waals surface area contributed by atoms with Gasteiger partial charge in [0.25, 0.3) is 0 Å². The van der Waals surface area contributed by atoms with Gasteiger partial charge in [-0.05, 0) is 6.42 Å². The average molecular weight is 275 g/mol. The second-order valence-electron chi connectivity index (χ2n) is 3.78. The molecule has 0 radical (unpaired) electrons. The van der Waals surface area contributed by atoms with Crippen molar-refractivity contribution in [3.8, 4) is 0 Å². The molecule has 0 aromatic heterocycles. The van der Waals surface area contributed by atoms with Gasteiger partial charge in [-0.1, -0.05) is 0 Å². The van der Waals surface area contributed by atoms with Gasteiger partial charge in [0.2, 0.25) is 5.91 Å². The summed E-state index contributed by atoms with van der Waals surface area (Å²) in [5.41, 5.74) is 4.90. The lowest BCUT2D eigenvalue weighted by Crippen LogP contribution is -2.48. The van der Waals surface area contributed by atoms with E-state index in [0.717, 1.165) is 4.90 Å². The van der Waals surface area contributed by atoms with Crippen molar-refractivity contribution in [3.63, 3.8) is 0 Å². The van der Waals surface area contributed by atoms with E-state index in [-0.39, 0.29) is 19.4 Å². The van der Waals surface area contributed by atoms with Crippen molar-refractivity contribution < 1.29 is 29.0 Å². The molecule has 0 aliphatic rings. The first-order chi connectivity index (χ1) is 8.77. The molecule has 0 aromatic rings. The van der Waals surface area contributed by atoms with Crippen LogP contribution in [0.2, 0.25) is 0 Å². The number of nitrogens with one attached hydrogen (secondary N) is 1. The van der Waals surface area contributed by atoms with Crippen molar-refractivity contribution in [1.82, 2.24) is 10.2 Å². The largest absolute Gasteiger partial charge is 0.480 e. The fraction of sp³-hybridized carbons (Fsp3) is 0.600. The predicted molar refractivity (Wildman–Crippen MR) is 63.0 cm³/mol. The Morgan fingerprint density at radius 1 is 1.37 bits per heavy atom. The van der Waals surface area contributed by atoms with E-state index in [1.807, 2.05) is 0 Å². The fourth-order valence-corrected chi connectivity index (χ4v) is 1.19. The summed E-state index contributed by atoms with van der Waals surface area (Å²) < 4.78 is 4.37. The van der Waals surface area contributed by atoms with E-state index in [4.69, 9.17) is 10.8 Å². The van der Waals surface area contributed by atoms with E-state index >= 15 is 0 Å². The predicted octanol–water partition coefficient (Wildman–Crippen LogP) is -1.48. The van der Waals surface area contributed by atoms with Gasteiger partial charge < -0.3 is 25.8 Å². The molecule has 0 aromatic carbocycles. The van der Waals surface area contributed by atoms with E-state index < -0.39 is 29.9 Å². The zero-order valence-electron chi connectivity index (χ0n) is 10.7. The number of ether oxygens (including phenoxy) is 1. The van der Waals surface area contributed by atoms with E-state index in [1.165, 1.54) is 14.2 Å². The van der Waals surface area contributed by atoms with Crippen molar-refractivity contribution >= 4 is 23.9 Å². The number of urea groups is 1. The zero-order chi connectivity index (χ0) is 15.0. The molecule has 9 nitrogen and oxygen atoms in total. The van der Waals surface area contributed by atoms with Gasteiger partial charge in [0, 0.05) is 13.5 Å². The SMILES string of the molecule is COC(=O)CC[C@H](NC(=O)N(C)CC(N)=O)C(=O)O. The maximum atomic E-state index is 11.5. The third-order valence-electron chi connectivity index (χ3n) is 2.20. The molecule has 4 N–H and O–H groups in total. The molecule has 0 unspecified atom stereocenters. The second-order valence-corrected chi connectivity index (χ2v) is 3.78. The maximum Gasteiger partial charge on any atom is 0.326 e. The Morgan fingerprint density at radius 2 is 1.95 bits per heavy atom. The number of amides is 3. The van der Waals surface area contributed by atoms with Gasteiger partial charge in [-0.3, -0.25) is 9.59 Å². The van der Waals surface area contributed by atoms with Gasteiger partial charge in [-0.2, -0.15) is 0 Å². The number of esters is 1. The van der Waals surface area contributed by atoms with Crippen LogP contribution in [0.3, 0.4) is 0 Å². The Hall–Kier alpha value is -2.32. The molecule has 0 aliphatic heterocycles. The fourth-order valence-electron chi connectivity index (χ4n) is 1.19. The Labute approximate surface area is 109 Å². The molecule has 0 saturated heterocycles. The first-order valence-corrected chi connectivity index (χ1v) is 5.37. The maximum absolute atomic E-state index is 11.5. The molecule has 108 valence electrons. The number of hydrogen-bond acceptors (Lipinski definition) is 5. The summed E-state index contributed by atoms with van der Waals surface area (Å²) in [5.74, 6) is -2.59. The topological polar surface area (TPSA) is 139 Å². The van der Waals surface area contributed by atoms with E-state index in [2.05, 4.69) is 10.1 Å². The normalized spacial score (nSPS) is 11.3. The van der Waals surface area contributed by atoms with Crippen molar-refractivity contribution in [2.75, 3.05) is 20.7 Å². The quantitative estimate of drug-likeness (QED) is 0.484. The van der Waals surface area contributed by atoms with Crippen LogP contribution in [0.5, 0.6) is 0 Å². The van der Waals surface area contributed by atoms with Crippen LogP contribution in [0, 0.1) is 0 Å². The minimum atomic E-state index is -1.29. The molecule has 0 rings (SSSR count). The molecule has 1 atom stereocenters. The Balaban J connectivity index is 4.41. The minimum absolute atomic E-state index is 0.113. The van der Waals surface area contributed by atoms with Crippen LogP contribution in [0.4, 0.5) is 4.79 Å². The molecular formula is C10H17N3O6. The highest BCUT2D eigenvalue weighted by atomic mass is 16.5. The first-order valence-electron chi connectivity index (χ1n) is 5.37. The monoisotopic (exact) mass is 275 g/mol. The number of nitrogens with zero attached hydrogens (tertiary/aromatic N) is 1. The molecule has 0 spiro atoms. The summed E-state index contributed by atoms with van der Waals surface area (Å²) in [4.78, 5) is 44.9. The summed E-state index contributed by atoms with van der Waals surface area (Å²) in [5, 5.41) is 11.1.